The lowest BCUT2D eigenvalue weighted by atomic mass is 10.2. The van der Waals surface area contributed by atoms with Gasteiger partial charge < -0.3 is 0 Å². The Hall–Kier alpha value is 1.16. The molecule has 1 aromatic carbocycles. The Morgan fingerprint density at radius 1 is 1.20 bits per heavy atom. The molecule has 0 spiro atoms. The fraction of sp³-hybridized carbons (Fsp3) is 0.143. The van der Waals surface area contributed by atoms with E-state index in [1.165, 1.54) is 12.7 Å². The minimum atomic E-state index is 0.944. The van der Waals surface area contributed by atoms with Gasteiger partial charge >= 0.3 is 0 Å². The fourth-order valence-corrected chi connectivity index (χ4v) is 1.89. The van der Waals surface area contributed by atoms with Crippen molar-refractivity contribution in [1.82, 2.24) is 0 Å². The first-order chi connectivity index (χ1) is 4.74. The zero-order chi connectivity index (χ0) is 7.56. The normalized spacial score (nSPS) is 9.90. The van der Waals surface area contributed by atoms with Crippen molar-refractivity contribution in [2.24, 2.45) is 0 Å². The van der Waals surface area contributed by atoms with Crippen LogP contribution in [0.1, 0.15) is 5.56 Å². The van der Waals surface area contributed by atoms with Crippen LogP contribution in [0.2, 0.25) is 0 Å². The van der Waals surface area contributed by atoms with E-state index in [-0.39, 0.29) is 0 Å². The topological polar surface area (TPSA) is 0 Å². The summed E-state index contributed by atoms with van der Waals surface area (Å²) in [7, 11) is 0. The predicted octanol–water partition coefficient (Wildman–Crippen LogP) is 3.79. The van der Waals surface area contributed by atoms with Gasteiger partial charge in [-0.15, -0.1) is 0 Å². The molecule has 0 radical (unpaired) electrons. The Bertz CT molecular complexity index is 235. The van der Waals surface area contributed by atoms with Gasteiger partial charge in [-0.05, 0) is 62.9 Å². The monoisotopic (exact) mass is 422 g/mol. The summed E-state index contributed by atoms with van der Waals surface area (Å²) in [6, 6.07) is 6.47. The number of alkyl halides is 1. The minimum absolute atomic E-state index is 0.944. The molecule has 10 heavy (non-hydrogen) atoms. The summed E-state index contributed by atoms with van der Waals surface area (Å²) in [6.45, 7) is 0. The maximum absolute atomic E-state index is 3.41. The van der Waals surface area contributed by atoms with Crippen molar-refractivity contribution in [3.63, 3.8) is 0 Å². The molecular weight excluding hydrogens is 418 g/mol. The SMILES string of the molecule is BrCc1ccc(I)c(I)c1. The van der Waals surface area contributed by atoms with E-state index in [1.54, 1.807) is 0 Å². The highest BCUT2D eigenvalue weighted by atomic mass is 127. The van der Waals surface area contributed by atoms with Crippen LogP contribution in [0.5, 0.6) is 0 Å². The van der Waals surface area contributed by atoms with Crippen LogP contribution in [-0.4, -0.2) is 0 Å². The maximum atomic E-state index is 3.41. The van der Waals surface area contributed by atoms with Crippen molar-refractivity contribution in [3.05, 3.63) is 30.9 Å². The van der Waals surface area contributed by atoms with E-state index in [2.05, 4.69) is 79.3 Å². The van der Waals surface area contributed by atoms with E-state index < -0.39 is 0 Å². The van der Waals surface area contributed by atoms with Gasteiger partial charge in [-0.2, -0.15) is 0 Å². The van der Waals surface area contributed by atoms with Crippen LogP contribution in [0.15, 0.2) is 18.2 Å². The van der Waals surface area contributed by atoms with Crippen molar-refractivity contribution < 1.29 is 0 Å². The lowest BCUT2D eigenvalue weighted by Gasteiger charge is -1.97. The average molecular weight is 423 g/mol. The second-order valence-corrected chi connectivity index (χ2v) is 4.77. The van der Waals surface area contributed by atoms with Gasteiger partial charge in [0.05, 0.1) is 0 Å². The van der Waals surface area contributed by atoms with Crippen LogP contribution in [0.3, 0.4) is 0 Å². The summed E-state index contributed by atoms with van der Waals surface area (Å²) < 4.78 is 2.65. The van der Waals surface area contributed by atoms with Gasteiger partial charge in [-0.3, -0.25) is 0 Å². The Morgan fingerprint density at radius 3 is 2.40 bits per heavy atom. The zero-order valence-electron chi connectivity index (χ0n) is 5.07. The number of rotatable bonds is 1. The highest BCUT2D eigenvalue weighted by Gasteiger charge is 1.95. The van der Waals surface area contributed by atoms with Crippen molar-refractivity contribution in [2.75, 3.05) is 0 Å². The van der Waals surface area contributed by atoms with Gasteiger partial charge in [0.15, 0.2) is 0 Å². The lowest BCUT2D eigenvalue weighted by molar-refractivity contribution is 1.40. The van der Waals surface area contributed by atoms with Crippen LogP contribution in [0.25, 0.3) is 0 Å². The van der Waals surface area contributed by atoms with Crippen molar-refractivity contribution >= 4 is 61.1 Å². The Kier molecular flexibility index (Phi) is 3.93. The van der Waals surface area contributed by atoms with E-state index in [0.717, 1.165) is 5.33 Å². The number of benzene rings is 1. The van der Waals surface area contributed by atoms with Crippen LogP contribution in [0, 0.1) is 7.14 Å². The highest BCUT2D eigenvalue weighted by Crippen LogP contribution is 2.17. The van der Waals surface area contributed by atoms with E-state index >= 15 is 0 Å². The first-order valence-electron chi connectivity index (χ1n) is 2.74. The molecular formula is C7H5BrI2. The molecule has 0 amide bonds. The minimum Gasteiger partial charge on any atom is -0.0876 e. The lowest BCUT2D eigenvalue weighted by Crippen LogP contribution is -1.82. The molecule has 0 aliphatic rings. The van der Waals surface area contributed by atoms with Gasteiger partial charge in [0.2, 0.25) is 0 Å². The van der Waals surface area contributed by atoms with Crippen molar-refractivity contribution in [3.8, 4) is 0 Å². The summed E-state index contributed by atoms with van der Waals surface area (Å²) in [5, 5.41) is 0.944. The third kappa shape index (κ3) is 2.34. The average Bonchev–Trinajstić information content (AvgIpc) is 1.95. The Labute approximate surface area is 96.2 Å². The summed E-state index contributed by atoms with van der Waals surface area (Å²) in [6.07, 6.45) is 0. The van der Waals surface area contributed by atoms with E-state index in [9.17, 15) is 0 Å². The molecule has 1 rings (SSSR count). The molecule has 0 N–H and O–H groups in total. The molecule has 0 atom stereocenters. The largest absolute Gasteiger partial charge is 0.0876 e. The number of hydrogen-bond acceptors (Lipinski definition) is 0. The van der Waals surface area contributed by atoms with Gasteiger partial charge in [0.1, 0.15) is 0 Å². The third-order valence-electron chi connectivity index (χ3n) is 1.14. The standard InChI is InChI=1S/C7H5BrI2/c8-4-5-1-2-6(9)7(10)3-5/h1-3H,4H2. The molecule has 0 unspecified atom stereocenters. The second-order valence-electron chi connectivity index (χ2n) is 1.88. The van der Waals surface area contributed by atoms with Crippen LogP contribution in [-0.2, 0) is 5.33 Å². The van der Waals surface area contributed by atoms with Gasteiger partial charge in [-0.25, -0.2) is 0 Å². The number of halogens is 3. The molecule has 0 heterocycles. The Balaban J connectivity index is 3.04. The van der Waals surface area contributed by atoms with Crippen molar-refractivity contribution in [2.45, 2.75) is 5.33 Å². The second kappa shape index (κ2) is 4.25. The van der Waals surface area contributed by atoms with Gasteiger partial charge in [0.25, 0.3) is 0 Å². The molecule has 0 bridgehead atoms. The Morgan fingerprint density at radius 2 is 1.90 bits per heavy atom. The van der Waals surface area contributed by atoms with E-state index in [1.807, 2.05) is 0 Å². The first-order valence-corrected chi connectivity index (χ1v) is 6.02. The van der Waals surface area contributed by atoms with E-state index in [4.69, 9.17) is 0 Å². The van der Waals surface area contributed by atoms with Crippen LogP contribution >= 0.6 is 61.1 Å². The van der Waals surface area contributed by atoms with Crippen LogP contribution in [0.4, 0.5) is 0 Å². The third-order valence-corrected chi connectivity index (χ3v) is 4.65. The van der Waals surface area contributed by atoms with Gasteiger partial charge in [-0.1, -0.05) is 22.0 Å². The molecule has 0 fully saturated rings. The summed E-state index contributed by atoms with van der Waals surface area (Å²) >= 11 is 8.09. The summed E-state index contributed by atoms with van der Waals surface area (Å²) in [5.74, 6) is 0. The molecule has 3 heteroatoms. The molecule has 0 aliphatic carbocycles. The molecule has 1 aromatic rings. The summed E-state index contributed by atoms with van der Waals surface area (Å²) in [5.41, 5.74) is 1.34. The molecule has 0 aromatic heterocycles. The number of hydrogen-bond donors (Lipinski definition) is 0. The molecule has 0 nitrogen and oxygen atoms in total. The van der Waals surface area contributed by atoms with Crippen LogP contribution < -0.4 is 0 Å². The molecule has 0 saturated carbocycles. The van der Waals surface area contributed by atoms with E-state index in [0.29, 0.717) is 0 Å². The quantitative estimate of drug-likeness (QED) is 0.477. The smallest absolute Gasteiger partial charge is 0.0283 e. The predicted molar refractivity (Wildman–Crippen MR) is 64.5 cm³/mol. The molecule has 0 aliphatic heterocycles. The summed E-state index contributed by atoms with van der Waals surface area (Å²) in [4.78, 5) is 0. The first kappa shape index (κ1) is 9.25. The molecule has 54 valence electrons. The highest BCUT2D eigenvalue weighted by molar-refractivity contribution is 14.1. The fourth-order valence-electron chi connectivity index (χ4n) is 0.623. The van der Waals surface area contributed by atoms with Crippen molar-refractivity contribution in [1.29, 1.82) is 0 Å². The molecule has 0 saturated heterocycles. The maximum Gasteiger partial charge on any atom is 0.0283 e. The zero-order valence-corrected chi connectivity index (χ0v) is 11.0. The van der Waals surface area contributed by atoms with Gasteiger partial charge in [0, 0.05) is 12.5 Å².